The van der Waals surface area contributed by atoms with E-state index >= 15 is 0 Å². The second-order valence-electron chi connectivity index (χ2n) is 3.72. The number of hydrogen-bond acceptors (Lipinski definition) is 3. The molecule has 0 unspecified atom stereocenters. The van der Waals surface area contributed by atoms with Crippen molar-refractivity contribution in [2.24, 2.45) is 5.92 Å². The van der Waals surface area contributed by atoms with Gasteiger partial charge in [0.15, 0.2) is 5.89 Å². The monoisotopic (exact) mass is 180 g/mol. The van der Waals surface area contributed by atoms with E-state index in [-0.39, 0.29) is 0 Å². The van der Waals surface area contributed by atoms with Crippen LogP contribution in [0.15, 0.2) is 10.6 Å². The third-order valence-electron chi connectivity index (χ3n) is 2.38. The summed E-state index contributed by atoms with van der Waals surface area (Å²) in [5.74, 6) is 2.81. The molecule has 3 heteroatoms. The zero-order chi connectivity index (χ0) is 9.10. The Morgan fingerprint density at radius 3 is 3.15 bits per heavy atom. The molecule has 0 spiro atoms. The maximum Gasteiger partial charge on any atom is 0.195 e. The molecule has 1 fully saturated rings. The first-order valence-electron chi connectivity index (χ1n) is 4.96. The first-order chi connectivity index (χ1) is 6.38. The first kappa shape index (κ1) is 8.75. The van der Waals surface area contributed by atoms with Crippen LogP contribution in [0.5, 0.6) is 0 Å². The topological polar surface area (TPSA) is 38.1 Å². The van der Waals surface area contributed by atoms with E-state index in [1.807, 2.05) is 13.2 Å². The fourth-order valence-corrected chi connectivity index (χ4v) is 1.40. The van der Waals surface area contributed by atoms with E-state index in [4.69, 9.17) is 4.42 Å². The molecule has 0 aliphatic heterocycles. The SMILES string of the molecule is CNCCc1ncc(CC2CC2)o1. The Kier molecular flexibility index (Phi) is 2.64. The van der Waals surface area contributed by atoms with Crippen molar-refractivity contribution in [3.05, 3.63) is 17.8 Å². The van der Waals surface area contributed by atoms with Gasteiger partial charge in [0.1, 0.15) is 5.76 Å². The molecule has 0 amide bonds. The highest BCUT2D eigenvalue weighted by atomic mass is 16.4. The summed E-state index contributed by atoms with van der Waals surface area (Å²) < 4.78 is 5.59. The summed E-state index contributed by atoms with van der Waals surface area (Å²) >= 11 is 0. The second-order valence-corrected chi connectivity index (χ2v) is 3.72. The van der Waals surface area contributed by atoms with Crippen LogP contribution in [0.4, 0.5) is 0 Å². The van der Waals surface area contributed by atoms with Crippen LogP contribution < -0.4 is 5.32 Å². The molecular weight excluding hydrogens is 164 g/mol. The summed E-state index contributed by atoms with van der Waals surface area (Å²) in [5, 5.41) is 3.08. The number of oxazole rings is 1. The van der Waals surface area contributed by atoms with E-state index in [0.29, 0.717) is 0 Å². The van der Waals surface area contributed by atoms with Gasteiger partial charge in [-0.2, -0.15) is 0 Å². The molecule has 1 aliphatic carbocycles. The molecule has 1 aromatic rings. The van der Waals surface area contributed by atoms with Crippen molar-refractivity contribution < 1.29 is 4.42 Å². The molecule has 72 valence electrons. The Labute approximate surface area is 78.5 Å². The van der Waals surface area contributed by atoms with Crippen LogP contribution in [0.25, 0.3) is 0 Å². The lowest BCUT2D eigenvalue weighted by Gasteiger charge is -1.94. The maximum atomic E-state index is 5.59. The van der Waals surface area contributed by atoms with Crippen LogP contribution in [-0.2, 0) is 12.8 Å². The lowest BCUT2D eigenvalue weighted by atomic mass is 10.2. The number of hydrogen-bond donors (Lipinski definition) is 1. The van der Waals surface area contributed by atoms with Gasteiger partial charge >= 0.3 is 0 Å². The maximum absolute atomic E-state index is 5.59. The molecule has 13 heavy (non-hydrogen) atoms. The molecule has 1 aliphatic rings. The van der Waals surface area contributed by atoms with Crippen LogP contribution in [0, 0.1) is 5.92 Å². The average Bonchev–Trinajstić information content (AvgIpc) is 2.81. The Hall–Kier alpha value is -0.830. The van der Waals surface area contributed by atoms with E-state index in [1.54, 1.807) is 0 Å². The number of nitrogens with one attached hydrogen (secondary N) is 1. The largest absolute Gasteiger partial charge is 0.446 e. The van der Waals surface area contributed by atoms with Crippen LogP contribution in [0.1, 0.15) is 24.5 Å². The molecule has 3 nitrogen and oxygen atoms in total. The molecule has 2 rings (SSSR count). The van der Waals surface area contributed by atoms with Crippen LogP contribution in [0.3, 0.4) is 0 Å². The van der Waals surface area contributed by atoms with Crippen molar-refractivity contribution in [3.8, 4) is 0 Å². The molecule has 0 bridgehead atoms. The summed E-state index contributed by atoms with van der Waals surface area (Å²) in [6.07, 6.45) is 6.59. The quantitative estimate of drug-likeness (QED) is 0.744. The lowest BCUT2D eigenvalue weighted by Crippen LogP contribution is -2.10. The highest BCUT2D eigenvalue weighted by molar-refractivity contribution is 4.98. The van der Waals surface area contributed by atoms with E-state index in [2.05, 4.69) is 10.3 Å². The highest BCUT2D eigenvalue weighted by Crippen LogP contribution is 2.32. The fourth-order valence-electron chi connectivity index (χ4n) is 1.40. The van der Waals surface area contributed by atoms with Gasteiger partial charge < -0.3 is 9.73 Å². The Morgan fingerprint density at radius 1 is 1.62 bits per heavy atom. The molecule has 1 heterocycles. The van der Waals surface area contributed by atoms with E-state index in [0.717, 1.165) is 37.0 Å². The van der Waals surface area contributed by atoms with Gasteiger partial charge in [-0.3, -0.25) is 0 Å². The van der Waals surface area contributed by atoms with Gasteiger partial charge in [0.05, 0.1) is 6.20 Å². The van der Waals surface area contributed by atoms with Gasteiger partial charge in [-0.25, -0.2) is 4.98 Å². The third kappa shape index (κ3) is 2.56. The Morgan fingerprint density at radius 2 is 2.46 bits per heavy atom. The van der Waals surface area contributed by atoms with Gasteiger partial charge in [-0.15, -0.1) is 0 Å². The van der Waals surface area contributed by atoms with Crippen molar-refractivity contribution in [2.75, 3.05) is 13.6 Å². The van der Waals surface area contributed by atoms with E-state index in [9.17, 15) is 0 Å². The summed E-state index contributed by atoms with van der Waals surface area (Å²) in [4.78, 5) is 4.23. The van der Waals surface area contributed by atoms with Gasteiger partial charge in [0.2, 0.25) is 0 Å². The van der Waals surface area contributed by atoms with Crippen molar-refractivity contribution in [2.45, 2.75) is 25.7 Å². The molecule has 0 radical (unpaired) electrons. The Bertz CT molecular complexity index is 266. The number of likely N-dealkylation sites (N-methyl/N-ethyl adjacent to an activating group) is 1. The van der Waals surface area contributed by atoms with Crippen LogP contribution >= 0.6 is 0 Å². The average molecular weight is 180 g/mol. The number of rotatable bonds is 5. The van der Waals surface area contributed by atoms with Crippen molar-refractivity contribution in [1.29, 1.82) is 0 Å². The standard InChI is InChI=1S/C10H16N2O/c1-11-5-4-10-12-7-9(13-10)6-8-2-3-8/h7-8,11H,2-6H2,1H3. The second kappa shape index (κ2) is 3.92. The lowest BCUT2D eigenvalue weighted by molar-refractivity contribution is 0.444. The number of aromatic nitrogens is 1. The van der Waals surface area contributed by atoms with Crippen molar-refractivity contribution >= 4 is 0 Å². The molecule has 0 aromatic carbocycles. The molecule has 0 atom stereocenters. The van der Waals surface area contributed by atoms with Gasteiger partial charge in [0, 0.05) is 19.4 Å². The summed E-state index contributed by atoms with van der Waals surface area (Å²) in [6, 6.07) is 0. The summed E-state index contributed by atoms with van der Waals surface area (Å²) in [7, 11) is 1.94. The predicted octanol–water partition coefficient (Wildman–Crippen LogP) is 1.39. The normalized spacial score (nSPS) is 16.4. The van der Waals surface area contributed by atoms with Gasteiger partial charge in [0.25, 0.3) is 0 Å². The van der Waals surface area contributed by atoms with Crippen LogP contribution in [-0.4, -0.2) is 18.6 Å². The highest BCUT2D eigenvalue weighted by Gasteiger charge is 2.23. The molecule has 1 N–H and O–H groups in total. The zero-order valence-corrected chi connectivity index (χ0v) is 8.05. The summed E-state index contributed by atoms with van der Waals surface area (Å²) in [6.45, 7) is 0.934. The zero-order valence-electron chi connectivity index (χ0n) is 8.05. The van der Waals surface area contributed by atoms with Crippen molar-refractivity contribution in [1.82, 2.24) is 10.3 Å². The molecule has 1 saturated carbocycles. The molecule has 0 saturated heterocycles. The van der Waals surface area contributed by atoms with Gasteiger partial charge in [-0.05, 0) is 25.8 Å². The van der Waals surface area contributed by atoms with E-state index < -0.39 is 0 Å². The number of nitrogens with zero attached hydrogens (tertiary/aromatic N) is 1. The van der Waals surface area contributed by atoms with Gasteiger partial charge in [-0.1, -0.05) is 0 Å². The van der Waals surface area contributed by atoms with E-state index in [1.165, 1.54) is 12.8 Å². The molecular formula is C10H16N2O. The van der Waals surface area contributed by atoms with Crippen molar-refractivity contribution in [3.63, 3.8) is 0 Å². The summed E-state index contributed by atoms with van der Waals surface area (Å²) in [5.41, 5.74) is 0. The Balaban J connectivity index is 1.84. The minimum atomic E-state index is 0.866. The first-order valence-corrected chi connectivity index (χ1v) is 4.96. The predicted molar refractivity (Wildman–Crippen MR) is 50.6 cm³/mol. The minimum absolute atomic E-state index is 0.866. The smallest absolute Gasteiger partial charge is 0.195 e. The molecule has 1 aromatic heterocycles. The fraction of sp³-hybridized carbons (Fsp3) is 0.700. The third-order valence-corrected chi connectivity index (χ3v) is 2.38. The van der Waals surface area contributed by atoms with Crippen LogP contribution in [0.2, 0.25) is 0 Å². The minimum Gasteiger partial charge on any atom is -0.446 e.